The number of benzene rings is 3. The van der Waals surface area contributed by atoms with E-state index in [0.29, 0.717) is 35.8 Å². The Morgan fingerprint density at radius 3 is 2.43 bits per heavy atom. The van der Waals surface area contributed by atoms with E-state index in [2.05, 4.69) is 10.0 Å². The first-order valence-corrected chi connectivity index (χ1v) is 16.2. The Morgan fingerprint density at radius 1 is 0.976 bits per heavy atom. The highest BCUT2D eigenvalue weighted by atomic mass is 32.2. The molecule has 0 spiro atoms. The molecule has 2 amide bonds. The second kappa shape index (κ2) is 11.2. The van der Waals surface area contributed by atoms with Crippen LogP contribution in [0.15, 0.2) is 77.7 Å². The van der Waals surface area contributed by atoms with Crippen molar-refractivity contribution in [3.8, 4) is 10.6 Å². The lowest BCUT2D eigenvalue weighted by molar-refractivity contribution is 0.102. The number of ether oxygens (including phenoxy) is 1. The maximum atomic E-state index is 13.4. The monoisotopic (exact) mass is 618 g/mol. The van der Waals surface area contributed by atoms with Gasteiger partial charge in [-0.05, 0) is 67.4 Å². The normalized spacial score (nSPS) is 13.0. The molecule has 5 aromatic rings. The molecule has 0 fully saturated rings. The molecular formula is C30H26N4O5S3. The Bertz CT molecular complexity index is 1880. The van der Waals surface area contributed by atoms with E-state index in [4.69, 9.17) is 9.72 Å². The molecule has 3 heterocycles. The number of nitrogens with one attached hydrogen (secondary N) is 2. The number of sulfonamides is 1. The first-order chi connectivity index (χ1) is 20.2. The average molecular weight is 619 g/mol. The zero-order valence-electron chi connectivity index (χ0n) is 22.7. The highest BCUT2D eigenvalue weighted by Gasteiger charge is 2.30. The number of nitrogens with zero attached hydrogens (tertiary/aromatic N) is 2. The minimum absolute atomic E-state index is 0.157. The van der Waals surface area contributed by atoms with Crippen molar-refractivity contribution >= 4 is 65.6 Å². The summed E-state index contributed by atoms with van der Waals surface area (Å²) in [7, 11) is -2.40. The maximum absolute atomic E-state index is 13.4. The van der Waals surface area contributed by atoms with Crippen molar-refractivity contribution in [1.29, 1.82) is 0 Å². The molecule has 0 unspecified atom stereocenters. The van der Waals surface area contributed by atoms with Gasteiger partial charge in [0.25, 0.3) is 15.9 Å². The number of rotatable bonds is 6. The van der Waals surface area contributed by atoms with Crippen LogP contribution in [0.4, 0.5) is 15.5 Å². The number of methoxy groups -OCH3 is 1. The Morgan fingerprint density at radius 2 is 1.71 bits per heavy atom. The number of hydrogen-bond acceptors (Lipinski definition) is 8. The largest absolute Gasteiger partial charge is 0.453 e. The molecule has 0 saturated carbocycles. The molecule has 12 heteroatoms. The summed E-state index contributed by atoms with van der Waals surface area (Å²) in [5, 5.41) is 4.51. The standard InChI is InChI=1S/C30H26N4O5S3/c1-18-7-13-21(14-8-18)42(37,38)33-20-11-9-19(10-12-20)27(35)32-29-26(28-31-23-5-3-4-6-24(23)40-28)22-15-16-34(30(36)39-2)17-25(22)41-29/h3-14,33H,15-17H2,1-2H3,(H,32,35). The van der Waals surface area contributed by atoms with Crippen molar-refractivity contribution < 1.29 is 22.7 Å². The fourth-order valence-corrected chi connectivity index (χ4v) is 8.21. The second-order valence-electron chi connectivity index (χ2n) is 9.79. The van der Waals surface area contributed by atoms with Gasteiger partial charge in [-0.25, -0.2) is 18.2 Å². The van der Waals surface area contributed by atoms with E-state index in [-0.39, 0.29) is 16.9 Å². The number of thiazole rings is 1. The number of fused-ring (bicyclic) bond motifs is 2. The van der Waals surface area contributed by atoms with E-state index in [0.717, 1.165) is 36.8 Å². The van der Waals surface area contributed by atoms with Gasteiger partial charge >= 0.3 is 6.09 Å². The van der Waals surface area contributed by atoms with Crippen LogP contribution in [0.25, 0.3) is 20.8 Å². The minimum atomic E-state index is -3.77. The molecule has 2 N–H and O–H groups in total. The van der Waals surface area contributed by atoms with E-state index in [1.54, 1.807) is 64.8 Å². The van der Waals surface area contributed by atoms with Crippen LogP contribution in [0.1, 0.15) is 26.4 Å². The van der Waals surface area contributed by atoms with Gasteiger partial charge < -0.3 is 15.0 Å². The third-order valence-electron chi connectivity index (χ3n) is 6.96. The maximum Gasteiger partial charge on any atom is 0.409 e. The van der Waals surface area contributed by atoms with Crippen LogP contribution < -0.4 is 10.0 Å². The highest BCUT2D eigenvalue weighted by molar-refractivity contribution is 7.92. The van der Waals surface area contributed by atoms with E-state index < -0.39 is 10.0 Å². The van der Waals surface area contributed by atoms with E-state index in [9.17, 15) is 18.0 Å². The topological polar surface area (TPSA) is 118 Å². The predicted molar refractivity (Wildman–Crippen MR) is 166 cm³/mol. The van der Waals surface area contributed by atoms with Gasteiger partial charge in [0.15, 0.2) is 0 Å². The fourth-order valence-electron chi connectivity index (χ4n) is 4.78. The van der Waals surface area contributed by atoms with Gasteiger partial charge in [-0.1, -0.05) is 29.8 Å². The molecule has 0 atom stereocenters. The number of carbonyl (C=O) groups is 2. The number of amides is 2. The molecular weight excluding hydrogens is 593 g/mol. The lowest BCUT2D eigenvalue weighted by Gasteiger charge is -2.25. The van der Waals surface area contributed by atoms with E-state index >= 15 is 0 Å². The molecule has 9 nitrogen and oxygen atoms in total. The summed E-state index contributed by atoms with van der Waals surface area (Å²) in [6.07, 6.45) is 0.219. The van der Waals surface area contributed by atoms with Gasteiger partial charge in [-0.3, -0.25) is 9.52 Å². The van der Waals surface area contributed by atoms with E-state index in [1.165, 1.54) is 18.4 Å². The summed E-state index contributed by atoms with van der Waals surface area (Å²) in [5.74, 6) is -0.339. The number of hydrogen-bond donors (Lipinski definition) is 2. The molecule has 2 aromatic heterocycles. The van der Waals surface area contributed by atoms with Crippen LogP contribution in [0.2, 0.25) is 0 Å². The van der Waals surface area contributed by atoms with Crippen molar-refractivity contribution in [2.45, 2.75) is 24.8 Å². The Labute approximate surface area is 250 Å². The minimum Gasteiger partial charge on any atom is -0.453 e. The van der Waals surface area contributed by atoms with Crippen molar-refractivity contribution in [2.24, 2.45) is 0 Å². The number of aromatic nitrogens is 1. The SMILES string of the molecule is COC(=O)N1CCc2c(sc(NC(=O)c3ccc(NS(=O)(=O)c4ccc(C)cc4)cc3)c2-c2nc3ccccc3s2)C1. The molecule has 0 saturated heterocycles. The van der Waals surface area contributed by atoms with Gasteiger partial charge in [0.05, 0.1) is 28.8 Å². The van der Waals surface area contributed by atoms with Gasteiger partial charge in [0.2, 0.25) is 0 Å². The second-order valence-corrected chi connectivity index (χ2v) is 13.6. The van der Waals surface area contributed by atoms with Crippen LogP contribution >= 0.6 is 22.7 Å². The molecule has 0 radical (unpaired) electrons. The number of thiophene rings is 1. The first kappa shape index (κ1) is 27.9. The van der Waals surface area contributed by atoms with Crippen LogP contribution in [-0.4, -0.2) is 44.0 Å². The lowest BCUT2D eigenvalue weighted by Crippen LogP contribution is -2.35. The summed E-state index contributed by atoms with van der Waals surface area (Å²) in [5.41, 5.74) is 4.49. The molecule has 42 heavy (non-hydrogen) atoms. The van der Waals surface area contributed by atoms with Crippen LogP contribution in [0, 0.1) is 6.92 Å². The van der Waals surface area contributed by atoms with Gasteiger partial charge in [0, 0.05) is 28.2 Å². The molecule has 3 aromatic carbocycles. The third kappa shape index (κ3) is 5.48. The molecule has 0 aliphatic carbocycles. The van der Waals surface area contributed by atoms with Crippen molar-refractivity contribution in [2.75, 3.05) is 23.7 Å². The predicted octanol–water partition coefficient (Wildman–Crippen LogP) is 6.51. The summed E-state index contributed by atoms with van der Waals surface area (Å²) in [6, 6.07) is 20.7. The summed E-state index contributed by atoms with van der Waals surface area (Å²) in [4.78, 5) is 33.2. The first-order valence-electron chi connectivity index (χ1n) is 13.1. The summed E-state index contributed by atoms with van der Waals surface area (Å²) in [6.45, 7) is 2.77. The van der Waals surface area contributed by atoms with Gasteiger partial charge in [0.1, 0.15) is 10.0 Å². The highest BCUT2D eigenvalue weighted by Crippen LogP contribution is 2.46. The molecule has 6 rings (SSSR count). The van der Waals surface area contributed by atoms with Gasteiger partial charge in [-0.2, -0.15) is 0 Å². The molecule has 1 aliphatic heterocycles. The van der Waals surface area contributed by atoms with Gasteiger partial charge in [-0.15, -0.1) is 22.7 Å². The number of aryl methyl sites for hydroxylation is 1. The van der Waals surface area contributed by atoms with Crippen LogP contribution in [0.3, 0.4) is 0 Å². The van der Waals surface area contributed by atoms with Crippen LogP contribution in [0.5, 0.6) is 0 Å². The van der Waals surface area contributed by atoms with E-state index in [1.807, 2.05) is 31.2 Å². The van der Waals surface area contributed by atoms with Crippen molar-refractivity contribution in [3.05, 3.63) is 94.4 Å². The molecule has 214 valence electrons. The number of para-hydroxylation sites is 1. The molecule has 0 bridgehead atoms. The Balaban J connectivity index is 1.27. The third-order valence-corrected chi connectivity index (χ3v) is 10.5. The Hall–Kier alpha value is -4.26. The van der Waals surface area contributed by atoms with Crippen molar-refractivity contribution in [3.63, 3.8) is 0 Å². The smallest absolute Gasteiger partial charge is 0.409 e. The molecule has 1 aliphatic rings. The van der Waals surface area contributed by atoms with Crippen molar-refractivity contribution in [1.82, 2.24) is 9.88 Å². The number of carbonyl (C=O) groups excluding carboxylic acids is 2. The Kier molecular flexibility index (Phi) is 7.43. The average Bonchev–Trinajstić information content (AvgIpc) is 3.57. The fraction of sp³-hybridized carbons (Fsp3) is 0.167. The number of anilines is 2. The zero-order valence-corrected chi connectivity index (χ0v) is 25.2. The summed E-state index contributed by atoms with van der Waals surface area (Å²) >= 11 is 2.98. The quantitative estimate of drug-likeness (QED) is 0.224. The zero-order chi connectivity index (χ0) is 29.4. The lowest BCUT2D eigenvalue weighted by atomic mass is 10.0. The van der Waals surface area contributed by atoms with Crippen LogP contribution in [-0.2, 0) is 27.7 Å². The summed E-state index contributed by atoms with van der Waals surface area (Å²) < 4.78 is 34.1.